The Morgan fingerprint density at radius 1 is 0.952 bits per heavy atom. The molecule has 2 heteroatoms. The van der Waals surface area contributed by atoms with Gasteiger partial charge in [0.25, 0.3) is 0 Å². The van der Waals surface area contributed by atoms with Crippen LogP contribution < -0.4 is 10.1 Å². The van der Waals surface area contributed by atoms with Crippen LogP contribution in [0.5, 0.6) is 11.5 Å². The lowest BCUT2D eigenvalue weighted by molar-refractivity contribution is 0.468. The van der Waals surface area contributed by atoms with E-state index in [1.807, 2.05) is 18.2 Å². The lowest BCUT2D eigenvalue weighted by Gasteiger charge is -2.14. The fraction of sp³-hybridized carbons (Fsp3) is 0.368. The Hall–Kier alpha value is -1.80. The van der Waals surface area contributed by atoms with Crippen LogP contribution in [0.4, 0.5) is 0 Å². The lowest BCUT2D eigenvalue weighted by Crippen LogP contribution is -2.22. The van der Waals surface area contributed by atoms with Gasteiger partial charge in [-0.25, -0.2) is 0 Å². The average molecular weight is 283 g/mol. The third kappa shape index (κ3) is 4.61. The van der Waals surface area contributed by atoms with Gasteiger partial charge >= 0.3 is 0 Å². The van der Waals surface area contributed by atoms with Gasteiger partial charge in [0.15, 0.2) is 0 Å². The molecule has 0 amide bonds. The fourth-order valence-electron chi connectivity index (χ4n) is 2.13. The normalized spacial score (nSPS) is 11.1. The molecule has 0 fully saturated rings. The first-order valence-electron chi connectivity index (χ1n) is 7.65. The Bertz CT molecular complexity index is 575. The lowest BCUT2D eigenvalue weighted by atomic mass is 10.0. The van der Waals surface area contributed by atoms with Crippen LogP contribution in [0.25, 0.3) is 0 Å². The Balaban J connectivity index is 2.17. The zero-order chi connectivity index (χ0) is 15.2. The number of nitrogens with one attached hydrogen (secondary N) is 1. The smallest absolute Gasteiger partial charge is 0.131 e. The van der Waals surface area contributed by atoms with Crippen molar-refractivity contribution >= 4 is 0 Å². The molecule has 0 atom stereocenters. The molecule has 0 heterocycles. The third-order valence-corrected chi connectivity index (χ3v) is 3.43. The van der Waals surface area contributed by atoms with E-state index >= 15 is 0 Å². The molecular weight excluding hydrogens is 258 g/mol. The summed E-state index contributed by atoms with van der Waals surface area (Å²) in [7, 11) is 0. The van der Waals surface area contributed by atoms with E-state index < -0.39 is 0 Å². The summed E-state index contributed by atoms with van der Waals surface area (Å²) in [4.78, 5) is 0. The topological polar surface area (TPSA) is 21.3 Å². The van der Waals surface area contributed by atoms with Crippen LogP contribution in [0.2, 0.25) is 0 Å². The Labute approximate surface area is 128 Å². The van der Waals surface area contributed by atoms with Gasteiger partial charge < -0.3 is 10.1 Å². The predicted octanol–water partition coefficient (Wildman–Crippen LogP) is 5.10. The van der Waals surface area contributed by atoms with Crippen molar-refractivity contribution in [2.45, 2.75) is 46.2 Å². The SMILES string of the molecule is CC(C)NCc1ccccc1Oc1cccc(C(C)C)c1. The van der Waals surface area contributed by atoms with Crippen molar-refractivity contribution in [3.8, 4) is 11.5 Å². The van der Waals surface area contributed by atoms with Gasteiger partial charge in [-0.2, -0.15) is 0 Å². The molecule has 0 unspecified atom stereocenters. The molecule has 0 aromatic heterocycles. The number of rotatable bonds is 6. The van der Waals surface area contributed by atoms with Crippen LogP contribution in [0.1, 0.15) is 44.7 Å². The first kappa shape index (κ1) is 15.6. The second kappa shape index (κ2) is 7.28. The first-order valence-corrected chi connectivity index (χ1v) is 7.65. The van der Waals surface area contributed by atoms with Crippen molar-refractivity contribution in [1.29, 1.82) is 0 Å². The third-order valence-electron chi connectivity index (χ3n) is 3.43. The van der Waals surface area contributed by atoms with E-state index in [1.165, 1.54) is 11.1 Å². The van der Waals surface area contributed by atoms with Gasteiger partial charge in [-0.1, -0.05) is 58.0 Å². The van der Waals surface area contributed by atoms with E-state index in [-0.39, 0.29) is 0 Å². The molecule has 112 valence electrons. The van der Waals surface area contributed by atoms with E-state index in [4.69, 9.17) is 4.74 Å². The molecule has 0 aliphatic carbocycles. The van der Waals surface area contributed by atoms with E-state index in [9.17, 15) is 0 Å². The van der Waals surface area contributed by atoms with Crippen molar-refractivity contribution in [2.75, 3.05) is 0 Å². The highest BCUT2D eigenvalue weighted by atomic mass is 16.5. The number of benzene rings is 2. The summed E-state index contributed by atoms with van der Waals surface area (Å²) in [6.45, 7) is 9.50. The van der Waals surface area contributed by atoms with E-state index in [1.54, 1.807) is 0 Å². The zero-order valence-corrected chi connectivity index (χ0v) is 13.4. The number of para-hydroxylation sites is 1. The molecule has 2 aromatic rings. The van der Waals surface area contributed by atoms with Gasteiger partial charge in [0.1, 0.15) is 11.5 Å². The Kier molecular flexibility index (Phi) is 5.40. The minimum absolute atomic E-state index is 0.460. The highest BCUT2D eigenvalue weighted by Crippen LogP contribution is 2.27. The molecule has 0 radical (unpaired) electrons. The minimum Gasteiger partial charge on any atom is -0.457 e. The van der Waals surface area contributed by atoms with Gasteiger partial charge in [0.2, 0.25) is 0 Å². The molecular formula is C19H25NO. The van der Waals surface area contributed by atoms with E-state index in [0.29, 0.717) is 12.0 Å². The molecule has 21 heavy (non-hydrogen) atoms. The summed E-state index contributed by atoms with van der Waals surface area (Å²) in [5.41, 5.74) is 2.48. The van der Waals surface area contributed by atoms with Crippen LogP contribution in [0.3, 0.4) is 0 Å². The van der Waals surface area contributed by atoms with E-state index in [0.717, 1.165) is 18.0 Å². The van der Waals surface area contributed by atoms with Crippen molar-refractivity contribution in [2.24, 2.45) is 0 Å². The predicted molar refractivity (Wildman–Crippen MR) is 89.0 cm³/mol. The molecule has 0 saturated carbocycles. The molecule has 2 nitrogen and oxygen atoms in total. The van der Waals surface area contributed by atoms with Crippen molar-refractivity contribution in [3.05, 3.63) is 59.7 Å². The van der Waals surface area contributed by atoms with Crippen LogP contribution in [0.15, 0.2) is 48.5 Å². The maximum Gasteiger partial charge on any atom is 0.131 e. The van der Waals surface area contributed by atoms with Crippen molar-refractivity contribution in [1.82, 2.24) is 5.32 Å². The van der Waals surface area contributed by atoms with Gasteiger partial charge in [-0.3, -0.25) is 0 Å². The average Bonchev–Trinajstić information content (AvgIpc) is 2.46. The standard InChI is InChI=1S/C19H25NO/c1-14(2)16-9-7-10-18(12-16)21-19-11-6-5-8-17(19)13-20-15(3)4/h5-12,14-15,20H,13H2,1-4H3. The fourth-order valence-corrected chi connectivity index (χ4v) is 2.13. The molecule has 0 aliphatic heterocycles. The molecule has 0 aliphatic rings. The second-order valence-electron chi connectivity index (χ2n) is 5.97. The van der Waals surface area contributed by atoms with Crippen molar-refractivity contribution in [3.63, 3.8) is 0 Å². The Morgan fingerprint density at radius 2 is 1.71 bits per heavy atom. The summed E-state index contributed by atoms with van der Waals surface area (Å²) < 4.78 is 6.09. The molecule has 0 saturated heterocycles. The summed E-state index contributed by atoms with van der Waals surface area (Å²) >= 11 is 0. The number of ether oxygens (including phenoxy) is 1. The molecule has 1 N–H and O–H groups in total. The largest absolute Gasteiger partial charge is 0.457 e. The summed E-state index contributed by atoms with van der Waals surface area (Å²) in [6, 6.07) is 17.0. The van der Waals surface area contributed by atoms with Crippen LogP contribution in [-0.4, -0.2) is 6.04 Å². The van der Waals surface area contributed by atoms with Gasteiger partial charge in [-0.15, -0.1) is 0 Å². The van der Waals surface area contributed by atoms with Crippen molar-refractivity contribution < 1.29 is 4.74 Å². The summed E-state index contributed by atoms with van der Waals surface area (Å²) in [6.07, 6.45) is 0. The zero-order valence-electron chi connectivity index (χ0n) is 13.4. The van der Waals surface area contributed by atoms with Crippen LogP contribution >= 0.6 is 0 Å². The molecule has 2 rings (SSSR count). The maximum atomic E-state index is 6.09. The maximum absolute atomic E-state index is 6.09. The monoisotopic (exact) mass is 283 g/mol. The summed E-state index contributed by atoms with van der Waals surface area (Å²) in [5, 5.41) is 3.44. The van der Waals surface area contributed by atoms with E-state index in [2.05, 4.69) is 63.3 Å². The quantitative estimate of drug-likeness (QED) is 0.796. The number of hydrogen-bond donors (Lipinski definition) is 1. The number of hydrogen-bond acceptors (Lipinski definition) is 2. The van der Waals surface area contributed by atoms with Gasteiger partial charge in [-0.05, 0) is 29.7 Å². The molecule has 0 bridgehead atoms. The van der Waals surface area contributed by atoms with Crippen LogP contribution in [0, 0.1) is 0 Å². The minimum atomic E-state index is 0.460. The highest BCUT2D eigenvalue weighted by Gasteiger charge is 2.06. The second-order valence-corrected chi connectivity index (χ2v) is 5.97. The van der Waals surface area contributed by atoms with Gasteiger partial charge in [0, 0.05) is 18.2 Å². The molecule has 2 aromatic carbocycles. The summed E-state index contributed by atoms with van der Waals surface area (Å²) in [5.74, 6) is 2.33. The Morgan fingerprint density at radius 3 is 2.43 bits per heavy atom. The van der Waals surface area contributed by atoms with Gasteiger partial charge in [0.05, 0.1) is 0 Å². The molecule has 0 spiro atoms. The van der Waals surface area contributed by atoms with Crippen LogP contribution in [-0.2, 0) is 6.54 Å². The highest BCUT2D eigenvalue weighted by molar-refractivity contribution is 5.39. The first-order chi connectivity index (χ1) is 10.1.